The molecule has 52 heavy (non-hydrogen) atoms. The molecule has 10 aromatic rings. The minimum Gasteiger partial charge on any atom is -0.457 e. The quantitative estimate of drug-likeness (QED) is 0.180. The van der Waals surface area contributed by atoms with E-state index in [4.69, 9.17) is 4.74 Å². The number of nitrogens with zero attached hydrogens (tertiary/aromatic N) is 2. The van der Waals surface area contributed by atoms with Gasteiger partial charge in [-0.1, -0.05) is 121 Å². The largest absolute Gasteiger partial charge is 0.457 e. The molecule has 2 aromatic heterocycles. The Morgan fingerprint density at radius 2 is 0.731 bits per heavy atom. The molecule has 0 saturated heterocycles. The summed E-state index contributed by atoms with van der Waals surface area (Å²) in [7, 11) is 0. The molecular weight excluding hydrogens is 633 g/mol. The van der Waals surface area contributed by atoms with E-state index in [9.17, 15) is 0 Å². The predicted molar refractivity (Wildman–Crippen MR) is 212 cm³/mol. The SMILES string of the molecule is c1ccc(-n2c3ccccc3c3c4c(ccc32)C2(c3ccccc3Oc3ccccc32)c2ccc3c(c2-4)c2ccccc2n3-c2ccccc2)cc1. The molecule has 0 atom stereocenters. The van der Waals surface area contributed by atoms with Gasteiger partial charge in [0.05, 0.1) is 27.5 Å². The van der Waals surface area contributed by atoms with Gasteiger partial charge >= 0.3 is 0 Å². The maximum atomic E-state index is 6.73. The van der Waals surface area contributed by atoms with Gasteiger partial charge in [-0.15, -0.1) is 0 Å². The third kappa shape index (κ3) is 3.36. The monoisotopic (exact) mass is 662 g/mol. The highest BCUT2D eigenvalue weighted by atomic mass is 16.5. The number of aromatic nitrogens is 2. The molecule has 242 valence electrons. The molecule has 0 saturated carbocycles. The number of hydrogen-bond donors (Lipinski definition) is 0. The van der Waals surface area contributed by atoms with Gasteiger partial charge in [-0.05, 0) is 82.9 Å². The van der Waals surface area contributed by atoms with Crippen LogP contribution in [-0.2, 0) is 5.41 Å². The lowest BCUT2D eigenvalue weighted by Crippen LogP contribution is -2.32. The van der Waals surface area contributed by atoms with Crippen LogP contribution in [0.4, 0.5) is 0 Å². The number of hydrogen-bond acceptors (Lipinski definition) is 1. The summed E-state index contributed by atoms with van der Waals surface area (Å²) in [6.45, 7) is 0. The summed E-state index contributed by atoms with van der Waals surface area (Å²) in [6, 6.07) is 66.3. The number of benzene rings is 8. The van der Waals surface area contributed by atoms with Crippen LogP contribution in [0.15, 0.2) is 182 Å². The van der Waals surface area contributed by atoms with E-state index in [1.165, 1.54) is 77.0 Å². The first-order valence-corrected chi connectivity index (χ1v) is 18.0. The van der Waals surface area contributed by atoms with Crippen molar-refractivity contribution in [2.24, 2.45) is 0 Å². The first-order valence-electron chi connectivity index (χ1n) is 18.0. The van der Waals surface area contributed by atoms with Gasteiger partial charge in [-0.2, -0.15) is 0 Å². The molecule has 0 N–H and O–H groups in total. The number of fused-ring (bicyclic) bond motifs is 17. The van der Waals surface area contributed by atoms with Crippen molar-refractivity contribution in [3.63, 3.8) is 0 Å². The number of rotatable bonds is 2. The van der Waals surface area contributed by atoms with Gasteiger partial charge in [0.2, 0.25) is 0 Å². The highest BCUT2D eigenvalue weighted by molar-refractivity contribution is 6.25. The highest BCUT2D eigenvalue weighted by Gasteiger charge is 2.52. The minimum absolute atomic E-state index is 0.593. The number of ether oxygens (including phenoxy) is 1. The van der Waals surface area contributed by atoms with E-state index in [2.05, 4.69) is 191 Å². The average Bonchev–Trinajstić information content (AvgIpc) is 3.83. The van der Waals surface area contributed by atoms with Crippen molar-refractivity contribution in [3.05, 3.63) is 204 Å². The summed E-state index contributed by atoms with van der Waals surface area (Å²) >= 11 is 0. The Morgan fingerprint density at radius 1 is 0.327 bits per heavy atom. The van der Waals surface area contributed by atoms with Crippen molar-refractivity contribution in [2.45, 2.75) is 5.41 Å². The molecule has 0 amide bonds. The zero-order valence-corrected chi connectivity index (χ0v) is 28.1. The fourth-order valence-electron chi connectivity index (χ4n) is 9.70. The molecule has 0 bridgehead atoms. The number of para-hydroxylation sites is 6. The van der Waals surface area contributed by atoms with Crippen LogP contribution in [0.2, 0.25) is 0 Å². The molecule has 2 aliphatic rings. The average molecular weight is 663 g/mol. The van der Waals surface area contributed by atoms with Gasteiger partial charge in [0.15, 0.2) is 0 Å². The van der Waals surface area contributed by atoms with Crippen LogP contribution in [0.5, 0.6) is 11.5 Å². The molecule has 3 heteroatoms. The summed E-state index contributed by atoms with van der Waals surface area (Å²) in [5.41, 5.74) is 14.0. The Labute approximate surface area is 300 Å². The van der Waals surface area contributed by atoms with Crippen molar-refractivity contribution >= 4 is 43.6 Å². The molecule has 12 rings (SSSR count). The fraction of sp³-hybridized carbons (Fsp3) is 0.0204. The Morgan fingerprint density at radius 3 is 1.21 bits per heavy atom. The van der Waals surface area contributed by atoms with Crippen LogP contribution in [-0.4, -0.2) is 9.13 Å². The van der Waals surface area contributed by atoms with Gasteiger partial charge in [0.25, 0.3) is 0 Å². The second-order valence-corrected chi connectivity index (χ2v) is 14.0. The van der Waals surface area contributed by atoms with E-state index in [0.29, 0.717) is 0 Å². The molecule has 0 fully saturated rings. The van der Waals surface area contributed by atoms with Gasteiger partial charge in [-0.25, -0.2) is 0 Å². The molecular formula is C49H30N2O. The molecule has 0 unspecified atom stereocenters. The van der Waals surface area contributed by atoms with Crippen LogP contribution in [0, 0.1) is 0 Å². The third-order valence-corrected chi connectivity index (χ3v) is 11.6. The second kappa shape index (κ2) is 10.1. The summed E-state index contributed by atoms with van der Waals surface area (Å²) in [4.78, 5) is 0. The van der Waals surface area contributed by atoms with Crippen LogP contribution in [0.25, 0.3) is 66.1 Å². The third-order valence-electron chi connectivity index (χ3n) is 11.6. The van der Waals surface area contributed by atoms with Crippen molar-refractivity contribution < 1.29 is 4.74 Å². The van der Waals surface area contributed by atoms with Gasteiger partial charge < -0.3 is 13.9 Å². The fourth-order valence-corrected chi connectivity index (χ4v) is 9.70. The first kappa shape index (κ1) is 27.9. The molecule has 1 aliphatic heterocycles. The topological polar surface area (TPSA) is 19.1 Å². The van der Waals surface area contributed by atoms with Gasteiger partial charge in [0, 0.05) is 44.0 Å². The smallest absolute Gasteiger partial charge is 0.132 e. The lowest BCUT2D eigenvalue weighted by molar-refractivity contribution is 0.436. The van der Waals surface area contributed by atoms with Crippen LogP contribution < -0.4 is 4.74 Å². The molecule has 3 nitrogen and oxygen atoms in total. The maximum absolute atomic E-state index is 6.73. The van der Waals surface area contributed by atoms with E-state index in [-0.39, 0.29) is 0 Å². The Hall–Kier alpha value is -6.84. The Balaban J connectivity index is 1.36. The first-order chi connectivity index (χ1) is 25.8. The predicted octanol–water partition coefficient (Wildman–Crippen LogP) is 12.3. The van der Waals surface area contributed by atoms with E-state index < -0.39 is 5.41 Å². The van der Waals surface area contributed by atoms with Crippen LogP contribution >= 0.6 is 0 Å². The van der Waals surface area contributed by atoms with Crippen molar-refractivity contribution in [1.82, 2.24) is 9.13 Å². The summed E-state index contributed by atoms with van der Waals surface area (Å²) in [5, 5.41) is 5.05. The van der Waals surface area contributed by atoms with Gasteiger partial charge in [-0.3, -0.25) is 0 Å². The standard InChI is InChI=1S/C49H30N2O/c1-3-15-31(16-4-1)50-39-23-11-7-19-33(39)45-41(50)29-27-37-47(45)48-38(49(37)35-21-9-13-25-43(35)52-44-26-14-10-22-36(44)49)28-30-42-46(48)34-20-8-12-24-40(34)51(42)32-17-5-2-6-18-32/h1-30H. The van der Waals surface area contributed by atoms with E-state index in [1.54, 1.807) is 0 Å². The lowest BCUT2D eigenvalue weighted by Gasteiger charge is -2.39. The Bertz CT molecular complexity index is 2880. The van der Waals surface area contributed by atoms with Crippen LogP contribution in [0.1, 0.15) is 22.3 Å². The molecule has 1 aliphatic carbocycles. The maximum Gasteiger partial charge on any atom is 0.132 e. The molecule has 0 radical (unpaired) electrons. The normalized spacial score (nSPS) is 13.7. The zero-order chi connectivity index (χ0) is 34.0. The zero-order valence-electron chi connectivity index (χ0n) is 28.1. The summed E-state index contributed by atoms with van der Waals surface area (Å²) in [6.07, 6.45) is 0. The minimum atomic E-state index is -0.593. The summed E-state index contributed by atoms with van der Waals surface area (Å²) < 4.78 is 11.6. The molecule has 1 spiro atoms. The van der Waals surface area contributed by atoms with Crippen molar-refractivity contribution in [1.29, 1.82) is 0 Å². The van der Waals surface area contributed by atoms with E-state index in [1.807, 2.05) is 0 Å². The summed E-state index contributed by atoms with van der Waals surface area (Å²) in [5.74, 6) is 1.80. The Kier molecular flexibility index (Phi) is 5.43. The van der Waals surface area contributed by atoms with E-state index in [0.717, 1.165) is 22.9 Å². The second-order valence-electron chi connectivity index (χ2n) is 14.0. The van der Waals surface area contributed by atoms with Gasteiger partial charge in [0.1, 0.15) is 11.5 Å². The van der Waals surface area contributed by atoms with Crippen molar-refractivity contribution in [3.8, 4) is 34.0 Å². The van der Waals surface area contributed by atoms with E-state index >= 15 is 0 Å². The lowest BCUT2D eigenvalue weighted by atomic mass is 9.66. The van der Waals surface area contributed by atoms with Crippen molar-refractivity contribution in [2.75, 3.05) is 0 Å². The molecule has 8 aromatic carbocycles. The van der Waals surface area contributed by atoms with Crippen LogP contribution in [0.3, 0.4) is 0 Å². The highest BCUT2D eigenvalue weighted by Crippen LogP contribution is 2.65. The molecule has 3 heterocycles.